The largest absolute Gasteiger partial charge is 0.445 e. The Labute approximate surface area is 633 Å². The Balaban J connectivity index is 1.18. The molecule has 3 heterocycles. The molecule has 17 atom stereocenters. The maximum Gasteiger partial charge on any atom is 0.410 e. The van der Waals surface area contributed by atoms with Crippen molar-refractivity contribution in [3.8, 4) is 0 Å². The molecule has 5 aromatic rings. The lowest BCUT2D eigenvalue weighted by Crippen LogP contribution is -2.72. The second kappa shape index (κ2) is 37.9. The summed E-state index contributed by atoms with van der Waals surface area (Å²) in [5.41, 5.74) is 1.63. The van der Waals surface area contributed by atoms with Gasteiger partial charge in [0.1, 0.15) is 81.8 Å². The Morgan fingerprint density at radius 2 is 0.739 bits per heavy atom. The number of ether oxygens (including phenoxy) is 10. The first-order chi connectivity index (χ1) is 52.2. The van der Waals surface area contributed by atoms with E-state index in [0.29, 0.717) is 27.2 Å². The van der Waals surface area contributed by atoms with Crippen molar-refractivity contribution in [2.24, 2.45) is 0 Å². The molecule has 5 amide bonds. The summed E-state index contributed by atoms with van der Waals surface area (Å²) in [4.78, 5) is 70.7. The molecule has 0 bridgehead atoms. The molecule has 0 spiro atoms. The lowest BCUT2D eigenvalue weighted by atomic mass is 9.83. The number of likely N-dealkylation sites (N-methyl/N-ethyl adjacent to an activating group) is 1. The van der Waals surface area contributed by atoms with Gasteiger partial charge in [0.15, 0.2) is 25.0 Å². The highest BCUT2D eigenvalue weighted by molar-refractivity contribution is 7.82. The van der Waals surface area contributed by atoms with E-state index in [1.165, 1.54) is 84.9 Å². The third-order valence-electron chi connectivity index (χ3n) is 16.4. The van der Waals surface area contributed by atoms with E-state index in [1.807, 2.05) is 5.32 Å². The van der Waals surface area contributed by atoms with Crippen molar-refractivity contribution in [2.45, 2.75) is 150 Å². The predicted molar refractivity (Wildman–Crippen MR) is 363 cm³/mol. The molecule has 44 nitrogen and oxygen atoms in total. The fourth-order valence-electron chi connectivity index (χ4n) is 11.9. The van der Waals surface area contributed by atoms with Crippen molar-refractivity contribution in [1.82, 2.24) is 26.2 Å². The summed E-state index contributed by atoms with van der Waals surface area (Å²) in [5, 5.41) is 8.90. The van der Waals surface area contributed by atoms with E-state index in [2.05, 4.69) is 20.1 Å². The summed E-state index contributed by atoms with van der Waals surface area (Å²) in [7, 11) is -35.2. The Hall–Kier alpha value is -8.53. The van der Waals surface area contributed by atoms with E-state index >= 15 is 0 Å². The molecule has 5 aromatic carbocycles. The topological polar surface area (TPSA) is 611 Å². The Bertz CT molecular complexity index is 4700. The summed E-state index contributed by atoms with van der Waals surface area (Å²) in [6.07, 6.45) is -41.8. The fourth-order valence-corrected chi connectivity index (χ4v) is 14.7. The van der Waals surface area contributed by atoms with Crippen molar-refractivity contribution >= 4 is 92.9 Å². The van der Waals surface area contributed by atoms with E-state index in [9.17, 15) is 102 Å². The quantitative estimate of drug-likeness (QED) is 0.0217. The molecular formula is C61H71N5O39S6. The molecule has 0 aromatic heterocycles. The molecule has 4 fully saturated rings. The van der Waals surface area contributed by atoms with Crippen LogP contribution in [0.5, 0.6) is 0 Å². The van der Waals surface area contributed by atoms with Crippen molar-refractivity contribution in [3.05, 3.63) is 179 Å². The third kappa shape index (κ3) is 27.4. The van der Waals surface area contributed by atoms with Gasteiger partial charge in [-0.15, -0.1) is 0 Å². The molecule has 10 N–H and O–H groups in total. The van der Waals surface area contributed by atoms with Gasteiger partial charge in [-0.1, -0.05) is 152 Å². The Morgan fingerprint density at radius 1 is 0.378 bits per heavy atom. The highest BCUT2D eigenvalue weighted by atomic mass is 32.3. The second-order valence-electron chi connectivity index (χ2n) is 24.2. The maximum absolute atomic E-state index is 14.6. The minimum atomic E-state index is -6.14. The number of amides is 5. The van der Waals surface area contributed by atoms with Crippen molar-refractivity contribution < 1.29 is 174 Å². The van der Waals surface area contributed by atoms with Crippen LogP contribution in [0.4, 0.5) is 24.0 Å². The SMILES string of the molecule is CN(C(=O)OCc1ccccc1)C1C(O[C@@H]2OC(COS(=O)(=O)O)C(NC(=O)OCc3ccccc3)[C@H](OS(=O)(=O)O)[C@H]2OS(=O)(=O)O)OC2C[C@@H](NC(=O)OCc3ccccc3)[C@@H](OC3C(NC(=O)OCc4ccccc4)C[C@@H](NC(=O)OCc4ccccc4)[C@H](OS(=O)(=O)O)[C@H]3OS(=O)(=O)O)OC2C1OS(=O)(=O)O. The number of carbonyl (C=O) groups excluding carboxylic acids is 5. The summed E-state index contributed by atoms with van der Waals surface area (Å²) >= 11 is 0. The van der Waals surface area contributed by atoms with Gasteiger partial charge >= 0.3 is 92.9 Å². The molecule has 0 radical (unpaired) electrons. The monoisotopic (exact) mass is 1690 g/mol. The summed E-state index contributed by atoms with van der Waals surface area (Å²) in [5.74, 6) is 0. The molecule has 50 heteroatoms. The molecule has 1 aliphatic carbocycles. The molecule has 3 aliphatic heterocycles. The number of benzene rings is 5. The maximum atomic E-state index is 14.6. The minimum Gasteiger partial charge on any atom is -0.445 e. The second-order valence-corrected chi connectivity index (χ2v) is 30.6. The van der Waals surface area contributed by atoms with Crippen LogP contribution in [0.2, 0.25) is 0 Å². The van der Waals surface area contributed by atoms with Crippen LogP contribution in [0.1, 0.15) is 40.7 Å². The van der Waals surface area contributed by atoms with Crippen molar-refractivity contribution in [3.63, 3.8) is 0 Å². The number of carbonyl (C=O) groups is 5. The molecule has 3 saturated heterocycles. The van der Waals surface area contributed by atoms with Crippen LogP contribution in [-0.2, 0) is 168 Å². The fraction of sp³-hybridized carbons (Fsp3) is 0.426. The van der Waals surface area contributed by atoms with Crippen molar-refractivity contribution in [2.75, 3.05) is 13.7 Å². The summed E-state index contributed by atoms with van der Waals surface area (Å²) in [6.45, 7) is -4.46. The van der Waals surface area contributed by atoms with E-state index in [0.717, 1.165) is 7.05 Å². The Morgan fingerprint density at radius 3 is 1.15 bits per heavy atom. The molecule has 610 valence electrons. The van der Waals surface area contributed by atoms with Crippen molar-refractivity contribution in [1.29, 1.82) is 0 Å². The van der Waals surface area contributed by atoms with Gasteiger partial charge in [-0.2, -0.15) is 50.5 Å². The third-order valence-corrected chi connectivity index (χ3v) is 19.2. The number of hydrogen-bond donors (Lipinski definition) is 10. The smallest absolute Gasteiger partial charge is 0.410 e. The minimum absolute atomic E-state index is 0.260. The first kappa shape index (κ1) is 86.5. The number of rotatable bonds is 32. The van der Waals surface area contributed by atoms with E-state index in [-0.39, 0.29) is 5.56 Å². The van der Waals surface area contributed by atoms with Gasteiger partial charge in [0.2, 0.25) is 0 Å². The molecule has 9 rings (SSSR count). The number of nitrogens with zero attached hydrogens (tertiary/aromatic N) is 1. The highest BCUT2D eigenvalue weighted by Gasteiger charge is 2.62. The first-order valence-corrected chi connectivity index (χ1v) is 40.4. The molecule has 1 saturated carbocycles. The van der Waals surface area contributed by atoms with Gasteiger partial charge in [-0.3, -0.25) is 27.3 Å². The van der Waals surface area contributed by atoms with Crippen LogP contribution in [-0.4, -0.2) is 231 Å². The molecule has 4 aliphatic rings. The number of fused-ring (bicyclic) bond motifs is 1. The average molecular weight is 1690 g/mol. The van der Waals surface area contributed by atoms with Gasteiger partial charge in [-0.25, -0.2) is 49.1 Å². The lowest BCUT2D eigenvalue weighted by Gasteiger charge is -2.54. The van der Waals surface area contributed by atoms with Crippen LogP contribution in [0.25, 0.3) is 0 Å². The first-order valence-electron chi connectivity index (χ1n) is 32.2. The standard InChI is InChI=1S/C61H71N5O39S6/c1-66(61(71)94-33-39-25-15-6-16-26-39)46-51(103-109(81,82)83)49-43(96-55(46)100-56-53(105-111(87,88)89)50(102-108(78,79)80)45(44(97-56)34-95-106(72,73)74)65-60(70)93-32-38-23-13-5-14-24-38)28-42(64-59(69)92-31-37-21-11-4-12-22-37)54(99-49)98-47-40(62-57(67)90-29-35-17-7-2-8-18-35)27-41(63-58(68)91-30-36-19-9-3-10-20-36)48(101-107(75,76)77)52(47)104-110(84,85)86/h2-26,40-56H,27-34H2,1H3,(H,62,67)(H,63,68)(H,64,69)(H,65,70)(H,72,73,74)(H,75,76,77)(H,78,79,80)(H,81,82,83)(H,84,85,86)(H,87,88,89)/t40?,41-,42-,43?,44?,45?,46?,47?,48+,49?,50+,51?,52+,53-,54+,55?,56+/m1/s1. The van der Waals surface area contributed by atoms with E-state index in [1.54, 1.807) is 66.7 Å². The van der Waals surface area contributed by atoms with Gasteiger partial charge in [0.05, 0.1) is 36.9 Å². The van der Waals surface area contributed by atoms with Gasteiger partial charge in [0.25, 0.3) is 0 Å². The predicted octanol–water partition coefficient (Wildman–Crippen LogP) is 1.93. The van der Waals surface area contributed by atoms with E-state index < -0.39 is 249 Å². The lowest BCUT2D eigenvalue weighted by molar-refractivity contribution is -0.375. The van der Waals surface area contributed by atoms with Crippen LogP contribution in [0.3, 0.4) is 0 Å². The summed E-state index contributed by atoms with van der Waals surface area (Å²) < 4.78 is 305. The van der Waals surface area contributed by atoms with Crippen LogP contribution < -0.4 is 21.3 Å². The molecular weight excluding hydrogens is 1620 g/mol. The molecule has 111 heavy (non-hydrogen) atoms. The van der Waals surface area contributed by atoms with Gasteiger partial charge in [-0.05, 0) is 34.2 Å². The summed E-state index contributed by atoms with van der Waals surface area (Å²) in [6, 6.07) is 26.9. The highest BCUT2D eigenvalue weighted by Crippen LogP contribution is 2.42. The Kier molecular flexibility index (Phi) is 29.5. The zero-order valence-corrected chi connectivity index (χ0v) is 61.9. The number of hydrogen-bond acceptors (Lipinski definition) is 33. The number of nitrogens with one attached hydrogen (secondary N) is 4. The zero-order chi connectivity index (χ0) is 80.6. The normalized spacial score (nSPS) is 26.5. The molecule has 9 unspecified atom stereocenters. The van der Waals surface area contributed by atoms with Crippen LogP contribution in [0.15, 0.2) is 152 Å². The zero-order valence-electron chi connectivity index (χ0n) is 57.0. The van der Waals surface area contributed by atoms with Crippen LogP contribution in [0, 0.1) is 0 Å². The van der Waals surface area contributed by atoms with Gasteiger partial charge < -0.3 is 73.5 Å². The average Bonchev–Trinajstić information content (AvgIpc) is 0.746. The van der Waals surface area contributed by atoms with Crippen LogP contribution >= 0.6 is 0 Å². The number of alkyl carbamates (subject to hydrolysis) is 4. The van der Waals surface area contributed by atoms with Gasteiger partial charge in [0, 0.05) is 13.5 Å². The van der Waals surface area contributed by atoms with E-state index in [4.69, 9.17) is 68.3 Å².